The third-order valence-corrected chi connectivity index (χ3v) is 3.87. The number of hydrogen-bond donors (Lipinski definition) is 1. The average Bonchev–Trinajstić information content (AvgIpc) is 2.98. The number of piperazine rings is 1. The summed E-state index contributed by atoms with van der Waals surface area (Å²) >= 11 is 0. The Balaban J connectivity index is 1.68. The molecule has 2 aliphatic rings. The Morgan fingerprint density at radius 3 is 2.27 bits per heavy atom. The molecule has 15 heavy (non-hydrogen) atoms. The highest BCUT2D eigenvalue weighted by molar-refractivity contribution is 4.84. The number of nitrogens with one attached hydrogen (secondary N) is 1. The van der Waals surface area contributed by atoms with E-state index in [9.17, 15) is 0 Å². The quantitative estimate of drug-likeness (QED) is 0.741. The first-order valence-electron chi connectivity index (χ1n) is 6.34. The minimum Gasteiger partial charge on any atom is -0.313 e. The fourth-order valence-corrected chi connectivity index (χ4v) is 2.41. The highest BCUT2D eigenvalue weighted by atomic mass is 15.3. The molecule has 0 aromatic carbocycles. The monoisotopic (exact) mass is 211 g/mol. The molecule has 2 rings (SSSR count). The molecule has 1 saturated heterocycles. The summed E-state index contributed by atoms with van der Waals surface area (Å²) in [5, 5.41) is 3.59. The molecule has 3 heteroatoms. The van der Waals surface area contributed by atoms with Crippen LogP contribution in [-0.4, -0.2) is 61.2 Å². The van der Waals surface area contributed by atoms with Crippen LogP contribution in [0, 0.1) is 0 Å². The van der Waals surface area contributed by atoms with Crippen molar-refractivity contribution >= 4 is 0 Å². The third kappa shape index (κ3) is 3.16. The van der Waals surface area contributed by atoms with Crippen molar-refractivity contribution in [2.24, 2.45) is 0 Å². The molecular formula is C12H25N3. The Morgan fingerprint density at radius 2 is 1.73 bits per heavy atom. The molecule has 0 amide bonds. The van der Waals surface area contributed by atoms with Crippen molar-refractivity contribution in [3.8, 4) is 0 Å². The minimum absolute atomic E-state index is 0.703. The second-order valence-electron chi connectivity index (χ2n) is 5.35. The molecule has 0 spiro atoms. The van der Waals surface area contributed by atoms with Crippen molar-refractivity contribution in [2.75, 3.05) is 33.2 Å². The number of likely N-dealkylation sites (N-methyl/N-ethyl adjacent to an activating group) is 1. The SMILES string of the molecule is CC1CN(CCNC2CC2)CC(C)N1C. The molecule has 1 N–H and O–H groups in total. The van der Waals surface area contributed by atoms with Crippen molar-refractivity contribution in [3.63, 3.8) is 0 Å². The molecule has 0 aromatic heterocycles. The molecule has 0 radical (unpaired) electrons. The third-order valence-electron chi connectivity index (χ3n) is 3.87. The van der Waals surface area contributed by atoms with E-state index in [0.717, 1.165) is 6.04 Å². The van der Waals surface area contributed by atoms with Gasteiger partial charge in [0.05, 0.1) is 0 Å². The van der Waals surface area contributed by atoms with E-state index in [1.165, 1.54) is 39.0 Å². The highest BCUT2D eigenvalue weighted by Gasteiger charge is 2.26. The van der Waals surface area contributed by atoms with Gasteiger partial charge in [-0.1, -0.05) is 0 Å². The van der Waals surface area contributed by atoms with Gasteiger partial charge in [-0.05, 0) is 33.7 Å². The average molecular weight is 211 g/mol. The van der Waals surface area contributed by atoms with Gasteiger partial charge in [-0.3, -0.25) is 9.80 Å². The van der Waals surface area contributed by atoms with E-state index in [1.54, 1.807) is 0 Å². The maximum absolute atomic E-state index is 3.59. The number of rotatable bonds is 4. The number of hydrogen-bond acceptors (Lipinski definition) is 3. The predicted octanol–water partition coefficient (Wildman–Crippen LogP) is 0.763. The predicted molar refractivity (Wildman–Crippen MR) is 64.2 cm³/mol. The summed E-state index contributed by atoms with van der Waals surface area (Å²) in [5.41, 5.74) is 0. The van der Waals surface area contributed by atoms with Crippen LogP contribution < -0.4 is 5.32 Å². The first kappa shape index (κ1) is 11.4. The minimum atomic E-state index is 0.703. The van der Waals surface area contributed by atoms with Gasteiger partial charge in [0, 0.05) is 44.3 Å². The molecule has 0 bridgehead atoms. The topological polar surface area (TPSA) is 18.5 Å². The van der Waals surface area contributed by atoms with Crippen LogP contribution in [-0.2, 0) is 0 Å². The van der Waals surface area contributed by atoms with Gasteiger partial charge in [-0.25, -0.2) is 0 Å². The van der Waals surface area contributed by atoms with E-state index in [0.29, 0.717) is 12.1 Å². The van der Waals surface area contributed by atoms with E-state index >= 15 is 0 Å². The van der Waals surface area contributed by atoms with Gasteiger partial charge in [0.15, 0.2) is 0 Å². The second kappa shape index (κ2) is 4.81. The first-order chi connectivity index (χ1) is 7.16. The highest BCUT2D eigenvalue weighted by Crippen LogP contribution is 2.18. The zero-order valence-corrected chi connectivity index (χ0v) is 10.4. The zero-order chi connectivity index (χ0) is 10.8. The lowest BCUT2D eigenvalue weighted by molar-refractivity contribution is 0.0607. The Labute approximate surface area is 93.8 Å². The van der Waals surface area contributed by atoms with E-state index in [2.05, 4.69) is 36.0 Å². The standard InChI is InChI=1S/C12H25N3/c1-10-8-15(9-11(2)14(10)3)7-6-13-12-4-5-12/h10-13H,4-9H2,1-3H3. The lowest BCUT2D eigenvalue weighted by Gasteiger charge is -2.42. The fraction of sp³-hybridized carbons (Fsp3) is 1.00. The van der Waals surface area contributed by atoms with Crippen LogP contribution in [0.4, 0.5) is 0 Å². The van der Waals surface area contributed by atoms with Crippen molar-refractivity contribution in [2.45, 2.75) is 44.8 Å². The molecule has 1 saturated carbocycles. The lowest BCUT2D eigenvalue weighted by Crippen LogP contribution is -2.55. The molecule has 1 aliphatic carbocycles. The van der Waals surface area contributed by atoms with Crippen LogP contribution in [0.15, 0.2) is 0 Å². The summed E-state index contributed by atoms with van der Waals surface area (Å²) in [6, 6.07) is 2.26. The van der Waals surface area contributed by atoms with Gasteiger partial charge >= 0.3 is 0 Å². The van der Waals surface area contributed by atoms with E-state index in [1.807, 2.05) is 0 Å². The zero-order valence-electron chi connectivity index (χ0n) is 10.4. The molecule has 2 unspecified atom stereocenters. The van der Waals surface area contributed by atoms with Gasteiger partial charge in [-0.2, -0.15) is 0 Å². The van der Waals surface area contributed by atoms with Crippen LogP contribution in [0.3, 0.4) is 0 Å². The Morgan fingerprint density at radius 1 is 1.13 bits per heavy atom. The molecule has 0 aromatic rings. The van der Waals surface area contributed by atoms with Crippen molar-refractivity contribution in [3.05, 3.63) is 0 Å². The van der Waals surface area contributed by atoms with Crippen molar-refractivity contribution in [1.82, 2.24) is 15.1 Å². The molecular weight excluding hydrogens is 186 g/mol. The van der Waals surface area contributed by atoms with Crippen LogP contribution >= 0.6 is 0 Å². The fourth-order valence-electron chi connectivity index (χ4n) is 2.41. The van der Waals surface area contributed by atoms with Gasteiger partial charge in [0.1, 0.15) is 0 Å². The largest absolute Gasteiger partial charge is 0.313 e. The van der Waals surface area contributed by atoms with E-state index < -0.39 is 0 Å². The van der Waals surface area contributed by atoms with E-state index in [-0.39, 0.29) is 0 Å². The van der Waals surface area contributed by atoms with Gasteiger partial charge in [-0.15, -0.1) is 0 Å². The smallest absolute Gasteiger partial charge is 0.0195 e. The van der Waals surface area contributed by atoms with Crippen LogP contribution in [0.25, 0.3) is 0 Å². The van der Waals surface area contributed by atoms with Crippen molar-refractivity contribution in [1.29, 1.82) is 0 Å². The van der Waals surface area contributed by atoms with Gasteiger partial charge in [0.2, 0.25) is 0 Å². The maximum Gasteiger partial charge on any atom is 0.0195 e. The summed E-state index contributed by atoms with van der Waals surface area (Å²) in [5.74, 6) is 0. The summed E-state index contributed by atoms with van der Waals surface area (Å²) in [4.78, 5) is 5.09. The Kier molecular flexibility index (Phi) is 3.65. The van der Waals surface area contributed by atoms with Crippen LogP contribution in [0.5, 0.6) is 0 Å². The number of nitrogens with zero attached hydrogens (tertiary/aromatic N) is 2. The lowest BCUT2D eigenvalue weighted by atomic mass is 10.1. The van der Waals surface area contributed by atoms with Crippen molar-refractivity contribution < 1.29 is 0 Å². The summed E-state index contributed by atoms with van der Waals surface area (Å²) in [6.45, 7) is 9.52. The molecule has 1 aliphatic heterocycles. The molecule has 3 nitrogen and oxygen atoms in total. The summed E-state index contributed by atoms with van der Waals surface area (Å²) < 4.78 is 0. The summed E-state index contributed by atoms with van der Waals surface area (Å²) in [7, 11) is 2.25. The maximum atomic E-state index is 3.59. The molecule has 1 heterocycles. The first-order valence-corrected chi connectivity index (χ1v) is 6.34. The van der Waals surface area contributed by atoms with E-state index in [4.69, 9.17) is 0 Å². The Hall–Kier alpha value is -0.120. The van der Waals surface area contributed by atoms with Gasteiger partial charge < -0.3 is 5.32 Å². The second-order valence-corrected chi connectivity index (χ2v) is 5.35. The van der Waals surface area contributed by atoms with Crippen LogP contribution in [0.2, 0.25) is 0 Å². The normalized spacial score (nSPS) is 34.6. The molecule has 2 atom stereocenters. The molecule has 88 valence electrons. The van der Waals surface area contributed by atoms with Crippen LogP contribution in [0.1, 0.15) is 26.7 Å². The summed E-state index contributed by atoms with van der Waals surface area (Å²) in [6.07, 6.45) is 2.80. The van der Waals surface area contributed by atoms with Gasteiger partial charge in [0.25, 0.3) is 0 Å². The Bertz CT molecular complexity index is 191. The molecule has 2 fully saturated rings.